The molecule has 0 saturated heterocycles. The quantitative estimate of drug-likeness (QED) is 0.819. The molecule has 0 aromatic heterocycles. The Morgan fingerprint density at radius 3 is 2.61 bits per heavy atom. The molecule has 0 radical (unpaired) electrons. The van der Waals surface area contributed by atoms with E-state index in [1.807, 2.05) is 0 Å². The van der Waals surface area contributed by atoms with Crippen LogP contribution < -0.4 is 0 Å². The zero-order valence-corrected chi connectivity index (χ0v) is 10.1. The third-order valence-electron chi connectivity index (χ3n) is 2.27. The van der Waals surface area contributed by atoms with E-state index < -0.39 is 29.3 Å². The van der Waals surface area contributed by atoms with Crippen LogP contribution in [0.4, 0.5) is 8.78 Å². The van der Waals surface area contributed by atoms with Gasteiger partial charge in [0.15, 0.2) is 6.10 Å². The van der Waals surface area contributed by atoms with Gasteiger partial charge in [0.1, 0.15) is 11.6 Å². The van der Waals surface area contributed by atoms with Gasteiger partial charge in [-0.25, -0.2) is 13.6 Å². The fourth-order valence-corrected chi connectivity index (χ4v) is 1.43. The molecule has 1 atom stereocenters. The largest absolute Gasteiger partial charge is 0.464 e. The highest BCUT2D eigenvalue weighted by molar-refractivity contribution is 5.76. The number of ether oxygens (including phenoxy) is 2. The van der Waals surface area contributed by atoms with E-state index in [2.05, 4.69) is 9.47 Å². The van der Waals surface area contributed by atoms with Crippen molar-refractivity contribution in [2.45, 2.75) is 19.6 Å². The molecule has 0 aliphatic carbocycles. The number of benzene rings is 1. The number of halogens is 2. The number of aliphatic hydroxyl groups is 1. The van der Waals surface area contributed by atoms with Gasteiger partial charge in [0.2, 0.25) is 0 Å². The second-order valence-electron chi connectivity index (χ2n) is 3.55. The minimum absolute atomic E-state index is 0.00908. The summed E-state index contributed by atoms with van der Waals surface area (Å²) in [5.41, 5.74) is -0.444. The Balaban J connectivity index is 3.03. The molecule has 1 rings (SSSR count). The van der Waals surface area contributed by atoms with Crippen LogP contribution in [0, 0.1) is 11.6 Å². The third-order valence-corrected chi connectivity index (χ3v) is 2.27. The van der Waals surface area contributed by atoms with E-state index in [-0.39, 0.29) is 18.8 Å². The average molecular weight is 260 g/mol. The van der Waals surface area contributed by atoms with E-state index in [9.17, 15) is 18.7 Å². The van der Waals surface area contributed by atoms with Gasteiger partial charge in [0.25, 0.3) is 0 Å². The summed E-state index contributed by atoms with van der Waals surface area (Å²) in [6.45, 7) is 1.49. The highest BCUT2D eigenvalue weighted by Crippen LogP contribution is 2.22. The van der Waals surface area contributed by atoms with Crippen LogP contribution in [-0.2, 0) is 20.9 Å². The van der Waals surface area contributed by atoms with Crippen LogP contribution in [0.3, 0.4) is 0 Å². The Morgan fingerprint density at radius 2 is 2.06 bits per heavy atom. The van der Waals surface area contributed by atoms with Gasteiger partial charge in [-0.05, 0) is 19.1 Å². The second kappa shape index (κ2) is 6.42. The first-order chi connectivity index (χ1) is 8.51. The maximum Gasteiger partial charge on any atom is 0.339 e. The summed E-state index contributed by atoms with van der Waals surface area (Å²) >= 11 is 0. The second-order valence-corrected chi connectivity index (χ2v) is 3.55. The Bertz CT molecular complexity index is 434. The maximum absolute atomic E-state index is 13.6. The number of carbonyl (C=O) groups excluding carboxylic acids is 1. The number of aliphatic hydroxyl groups excluding tert-OH is 1. The van der Waals surface area contributed by atoms with E-state index in [1.165, 1.54) is 7.11 Å². The molecule has 0 saturated carbocycles. The zero-order chi connectivity index (χ0) is 13.7. The molecule has 0 heterocycles. The lowest BCUT2D eigenvalue weighted by atomic mass is 10.1. The van der Waals surface area contributed by atoms with Gasteiger partial charge in [0.05, 0.1) is 13.2 Å². The first kappa shape index (κ1) is 14.5. The van der Waals surface area contributed by atoms with Crippen LogP contribution in [-0.4, -0.2) is 24.8 Å². The molecule has 0 aliphatic rings. The highest BCUT2D eigenvalue weighted by atomic mass is 19.1. The Kier molecular flexibility index (Phi) is 5.18. The molecule has 0 spiro atoms. The highest BCUT2D eigenvalue weighted by Gasteiger charge is 2.24. The SMILES string of the molecule is CCOC(=O)C(O)c1cc(F)c(COC)cc1F. The van der Waals surface area contributed by atoms with Crippen LogP contribution in [0.2, 0.25) is 0 Å². The van der Waals surface area contributed by atoms with Gasteiger partial charge in [-0.1, -0.05) is 0 Å². The van der Waals surface area contributed by atoms with Crippen molar-refractivity contribution in [2.75, 3.05) is 13.7 Å². The predicted molar refractivity (Wildman–Crippen MR) is 58.7 cm³/mol. The summed E-state index contributed by atoms with van der Waals surface area (Å²) in [7, 11) is 1.35. The van der Waals surface area contributed by atoms with Crippen molar-refractivity contribution in [3.8, 4) is 0 Å². The fraction of sp³-hybridized carbons (Fsp3) is 0.417. The van der Waals surface area contributed by atoms with Crippen LogP contribution in [0.25, 0.3) is 0 Å². The van der Waals surface area contributed by atoms with Crippen LogP contribution in [0.1, 0.15) is 24.2 Å². The molecular weight excluding hydrogens is 246 g/mol. The Labute approximate surface area is 103 Å². The van der Waals surface area contributed by atoms with Crippen LogP contribution in [0.15, 0.2) is 12.1 Å². The van der Waals surface area contributed by atoms with E-state index >= 15 is 0 Å². The van der Waals surface area contributed by atoms with Gasteiger partial charge in [0, 0.05) is 18.2 Å². The summed E-state index contributed by atoms with van der Waals surface area (Å²) in [6.07, 6.45) is -1.84. The van der Waals surface area contributed by atoms with E-state index in [1.54, 1.807) is 6.92 Å². The summed E-state index contributed by atoms with van der Waals surface area (Å²) in [5.74, 6) is -2.66. The number of hydrogen-bond acceptors (Lipinski definition) is 4. The summed E-state index contributed by atoms with van der Waals surface area (Å²) in [6, 6.07) is 1.65. The number of rotatable bonds is 5. The molecule has 0 aliphatic heterocycles. The van der Waals surface area contributed by atoms with Crippen molar-refractivity contribution in [1.29, 1.82) is 0 Å². The van der Waals surface area contributed by atoms with Gasteiger partial charge in [-0.15, -0.1) is 0 Å². The minimum Gasteiger partial charge on any atom is -0.464 e. The van der Waals surface area contributed by atoms with Crippen molar-refractivity contribution < 1.29 is 28.2 Å². The average Bonchev–Trinajstić information content (AvgIpc) is 2.33. The van der Waals surface area contributed by atoms with E-state index in [0.29, 0.717) is 0 Å². The van der Waals surface area contributed by atoms with Gasteiger partial charge >= 0.3 is 5.97 Å². The molecule has 1 aromatic rings. The van der Waals surface area contributed by atoms with Gasteiger partial charge in [-0.3, -0.25) is 0 Å². The van der Waals surface area contributed by atoms with Crippen LogP contribution >= 0.6 is 0 Å². The molecular formula is C12H14F2O4. The zero-order valence-electron chi connectivity index (χ0n) is 10.1. The first-order valence-electron chi connectivity index (χ1n) is 5.32. The van der Waals surface area contributed by atoms with Crippen molar-refractivity contribution in [3.05, 3.63) is 34.9 Å². The number of esters is 1. The number of hydrogen-bond donors (Lipinski definition) is 1. The first-order valence-corrected chi connectivity index (χ1v) is 5.32. The number of carbonyl (C=O) groups is 1. The standard InChI is InChI=1S/C12H14F2O4/c1-3-18-12(16)11(15)8-5-9(13)7(6-17-2)4-10(8)14/h4-5,11,15H,3,6H2,1-2H3. The topological polar surface area (TPSA) is 55.8 Å². The normalized spacial score (nSPS) is 12.3. The predicted octanol–water partition coefficient (Wildman–Crippen LogP) is 1.71. The third kappa shape index (κ3) is 3.24. The smallest absolute Gasteiger partial charge is 0.339 e. The summed E-state index contributed by atoms with van der Waals surface area (Å²) < 4.78 is 36.3. The van der Waals surface area contributed by atoms with E-state index in [0.717, 1.165) is 12.1 Å². The molecule has 1 N–H and O–H groups in total. The molecule has 0 fully saturated rings. The van der Waals surface area contributed by atoms with Gasteiger partial charge < -0.3 is 14.6 Å². The van der Waals surface area contributed by atoms with Crippen molar-refractivity contribution in [1.82, 2.24) is 0 Å². The van der Waals surface area contributed by atoms with Crippen LogP contribution in [0.5, 0.6) is 0 Å². The van der Waals surface area contributed by atoms with Gasteiger partial charge in [-0.2, -0.15) is 0 Å². The summed E-state index contributed by atoms with van der Waals surface area (Å²) in [5, 5.41) is 9.53. The molecule has 1 unspecified atom stereocenters. The molecule has 4 nitrogen and oxygen atoms in total. The van der Waals surface area contributed by atoms with Crippen molar-refractivity contribution >= 4 is 5.97 Å². The van der Waals surface area contributed by atoms with Crippen molar-refractivity contribution in [2.24, 2.45) is 0 Å². The Morgan fingerprint density at radius 1 is 1.39 bits per heavy atom. The molecule has 1 aromatic carbocycles. The molecule has 100 valence electrons. The monoisotopic (exact) mass is 260 g/mol. The van der Waals surface area contributed by atoms with Crippen molar-refractivity contribution in [3.63, 3.8) is 0 Å². The fourth-order valence-electron chi connectivity index (χ4n) is 1.43. The van der Waals surface area contributed by atoms with E-state index in [4.69, 9.17) is 0 Å². The lowest BCUT2D eigenvalue weighted by molar-refractivity contribution is -0.153. The lowest BCUT2D eigenvalue weighted by Crippen LogP contribution is -2.17. The number of methoxy groups -OCH3 is 1. The molecule has 0 bridgehead atoms. The minimum atomic E-state index is -1.84. The molecule has 6 heteroatoms. The summed E-state index contributed by atoms with van der Waals surface area (Å²) in [4.78, 5) is 11.2. The lowest BCUT2D eigenvalue weighted by Gasteiger charge is -2.12. The molecule has 0 amide bonds. The molecule has 18 heavy (non-hydrogen) atoms. The maximum atomic E-state index is 13.6. The Hall–Kier alpha value is -1.53.